The van der Waals surface area contributed by atoms with Gasteiger partial charge in [-0.3, -0.25) is 4.98 Å². The first-order valence-corrected chi connectivity index (χ1v) is 6.32. The third-order valence-electron chi connectivity index (χ3n) is 3.31. The molecule has 0 radical (unpaired) electrons. The molecule has 0 atom stereocenters. The molecule has 0 unspecified atom stereocenters. The third kappa shape index (κ3) is 2.13. The van der Waals surface area contributed by atoms with E-state index in [0.717, 1.165) is 16.5 Å². The van der Waals surface area contributed by atoms with Crippen LogP contribution >= 0.6 is 0 Å². The van der Waals surface area contributed by atoms with Gasteiger partial charge in [-0.1, -0.05) is 0 Å². The summed E-state index contributed by atoms with van der Waals surface area (Å²) in [5.74, 6) is 0.828. The van der Waals surface area contributed by atoms with E-state index in [1.807, 2.05) is 24.3 Å². The van der Waals surface area contributed by atoms with Crippen LogP contribution in [0.2, 0.25) is 0 Å². The Bertz CT molecular complexity index is 854. The smallest absolute Gasteiger partial charge is 0.145 e. The summed E-state index contributed by atoms with van der Waals surface area (Å²) >= 11 is 0. The first kappa shape index (κ1) is 12.9. The van der Waals surface area contributed by atoms with Crippen LogP contribution in [0.15, 0.2) is 42.7 Å². The van der Waals surface area contributed by atoms with Gasteiger partial charge in [0.2, 0.25) is 0 Å². The Balaban J connectivity index is 2.39. The number of nitrogens with zero attached hydrogens (tertiary/aromatic N) is 3. The Morgan fingerprint density at radius 3 is 2.62 bits per heavy atom. The summed E-state index contributed by atoms with van der Waals surface area (Å²) in [5, 5.41) is 9.98. The summed E-state index contributed by atoms with van der Waals surface area (Å²) in [6.45, 7) is 0. The van der Waals surface area contributed by atoms with Crippen molar-refractivity contribution in [3.05, 3.63) is 48.3 Å². The van der Waals surface area contributed by atoms with E-state index in [-0.39, 0.29) is 5.82 Å². The predicted octanol–water partition coefficient (Wildman–Crippen LogP) is 2.76. The van der Waals surface area contributed by atoms with Gasteiger partial charge >= 0.3 is 0 Å². The highest BCUT2D eigenvalue weighted by atomic mass is 16.5. The van der Waals surface area contributed by atoms with Gasteiger partial charge in [0.25, 0.3) is 0 Å². The molecule has 5 nitrogen and oxygen atoms in total. The number of nitriles is 1. The zero-order valence-electron chi connectivity index (χ0n) is 11.4. The number of benzene rings is 1. The molecule has 0 amide bonds. The van der Waals surface area contributed by atoms with E-state index in [1.165, 1.54) is 0 Å². The van der Waals surface area contributed by atoms with Gasteiger partial charge in [-0.15, -0.1) is 0 Å². The van der Waals surface area contributed by atoms with E-state index < -0.39 is 0 Å². The molecular weight excluding hydrogens is 264 g/mol. The summed E-state index contributed by atoms with van der Waals surface area (Å²) in [5.41, 5.74) is 8.75. The molecule has 0 aliphatic carbocycles. The van der Waals surface area contributed by atoms with Gasteiger partial charge in [-0.05, 0) is 41.5 Å². The molecule has 21 heavy (non-hydrogen) atoms. The minimum atomic E-state index is 0.204. The van der Waals surface area contributed by atoms with Crippen molar-refractivity contribution < 1.29 is 4.74 Å². The van der Waals surface area contributed by atoms with Crippen LogP contribution in [-0.2, 0) is 0 Å². The van der Waals surface area contributed by atoms with Crippen molar-refractivity contribution in [3.63, 3.8) is 0 Å². The van der Waals surface area contributed by atoms with Gasteiger partial charge in [0.1, 0.15) is 23.2 Å². The molecule has 5 heteroatoms. The number of methoxy groups -OCH3 is 1. The van der Waals surface area contributed by atoms with E-state index in [0.29, 0.717) is 16.8 Å². The maximum Gasteiger partial charge on any atom is 0.145 e. The Labute approximate surface area is 121 Å². The number of anilines is 1. The van der Waals surface area contributed by atoms with Crippen molar-refractivity contribution in [2.45, 2.75) is 0 Å². The molecule has 1 aromatic carbocycles. The van der Waals surface area contributed by atoms with Crippen LogP contribution < -0.4 is 10.5 Å². The molecule has 0 fully saturated rings. The van der Waals surface area contributed by atoms with Crippen molar-refractivity contribution in [2.24, 2.45) is 0 Å². The molecule has 3 aromatic rings. The number of fused-ring (bicyclic) bond motifs is 1. The molecule has 0 saturated heterocycles. The summed E-state index contributed by atoms with van der Waals surface area (Å²) < 4.78 is 5.33. The highest BCUT2D eigenvalue weighted by Crippen LogP contribution is 2.34. The van der Waals surface area contributed by atoms with Crippen molar-refractivity contribution in [1.82, 2.24) is 9.97 Å². The average molecular weight is 276 g/mol. The Morgan fingerprint density at radius 2 is 1.95 bits per heavy atom. The van der Waals surface area contributed by atoms with Crippen LogP contribution in [0.5, 0.6) is 5.75 Å². The number of pyridine rings is 2. The van der Waals surface area contributed by atoms with E-state index in [2.05, 4.69) is 16.0 Å². The molecule has 0 saturated carbocycles. The average Bonchev–Trinajstić information content (AvgIpc) is 2.54. The van der Waals surface area contributed by atoms with Crippen LogP contribution in [0.1, 0.15) is 5.56 Å². The maximum atomic E-state index is 9.15. The highest BCUT2D eigenvalue weighted by Gasteiger charge is 2.12. The van der Waals surface area contributed by atoms with Crippen LogP contribution in [0.3, 0.4) is 0 Å². The highest BCUT2D eigenvalue weighted by molar-refractivity contribution is 5.99. The SMILES string of the molecule is COc1ccc(-c2ccncc2)c2cc(C#N)c(N)nc12. The molecule has 0 bridgehead atoms. The summed E-state index contributed by atoms with van der Waals surface area (Å²) in [6.07, 6.45) is 3.45. The number of hydrogen-bond acceptors (Lipinski definition) is 5. The molecule has 2 N–H and O–H groups in total. The predicted molar refractivity (Wildman–Crippen MR) is 80.7 cm³/mol. The van der Waals surface area contributed by atoms with Crippen molar-refractivity contribution in [3.8, 4) is 22.9 Å². The lowest BCUT2D eigenvalue weighted by Crippen LogP contribution is -1.98. The van der Waals surface area contributed by atoms with Gasteiger partial charge in [0.15, 0.2) is 0 Å². The van der Waals surface area contributed by atoms with Crippen molar-refractivity contribution in [1.29, 1.82) is 5.26 Å². The summed E-state index contributed by atoms with van der Waals surface area (Å²) in [4.78, 5) is 8.34. The van der Waals surface area contributed by atoms with Gasteiger partial charge in [0, 0.05) is 17.8 Å². The summed E-state index contributed by atoms with van der Waals surface area (Å²) in [6, 6.07) is 11.4. The normalized spacial score (nSPS) is 10.3. The molecule has 2 heterocycles. The van der Waals surface area contributed by atoms with Crippen LogP contribution in [0.4, 0.5) is 5.82 Å². The first-order chi connectivity index (χ1) is 10.2. The largest absolute Gasteiger partial charge is 0.494 e. The fraction of sp³-hybridized carbons (Fsp3) is 0.0625. The Morgan fingerprint density at radius 1 is 1.19 bits per heavy atom. The number of nitrogen functional groups attached to an aromatic ring is 1. The second kappa shape index (κ2) is 5.10. The van der Waals surface area contributed by atoms with E-state index in [1.54, 1.807) is 25.6 Å². The number of nitrogens with two attached hydrogens (primary N) is 1. The van der Waals surface area contributed by atoms with Gasteiger partial charge in [-0.25, -0.2) is 4.98 Å². The van der Waals surface area contributed by atoms with Gasteiger partial charge < -0.3 is 10.5 Å². The fourth-order valence-corrected chi connectivity index (χ4v) is 2.29. The first-order valence-electron chi connectivity index (χ1n) is 6.32. The number of ether oxygens (including phenoxy) is 1. The lowest BCUT2D eigenvalue weighted by molar-refractivity contribution is 0.419. The van der Waals surface area contributed by atoms with Crippen molar-refractivity contribution in [2.75, 3.05) is 12.8 Å². The van der Waals surface area contributed by atoms with Crippen LogP contribution in [-0.4, -0.2) is 17.1 Å². The lowest BCUT2D eigenvalue weighted by Gasteiger charge is -2.11. The molecule has 2 aromatic heterocycles. The maximum absolute atomic E-state index is 9.15. The zero-order valence-corrected chi connectivity index (χ0v) is 11.4. The van der Waals surface area contributed by atoms with Gasteiger partial charge in [-0.2, -0.15) is 5.26 Å². The second-order valence-electron chi connectivity index (χ2n) is 4.48. The Kier molecular flexibility index (Phi) is 3.13. The third-order valence-corrected chi connectivity index (χ3v) is 3.31. The molecule has 0 spiro atoms. The van der Waals surface area contributed by atoms with E-state index in [9.17, 15) is 0 Å². The number of rotatable bonds is 2. The minimum absolute atomic E-state index is 0.204. The molecule has 3 rings (SSSR count). The second-order valence-corrected chi connectivity index (χ2v) is 4.48. The standard InChI is InChI=1S/C16H12N4O/c1-21-14-3-2-12(10-4-6-19-7-5-10)13-8-11(9-17)16(18)20-15(13)14/h2-8H,1H3,(H2,18,20). The fourth-order valence-electron chi connectivity index (χ4n) is 2.29. The quantitative estimate of drug-likeness (QED) is 0.777. The molecule has 0 aliphatic heterocycles. The van der Waals surface area contributed by atoms with E-state index in [4.69, 9.17) is 15.7 Å². The topological polar surface area (TPSA) is 84.8 Å². The van der Waals surface area contributed by atoms with Gasteiger partial charge in [0.05, 0.1) is 12.7 Å². The van der Waals surface area contributed by atoms with Crippen LogP contribution in [0.25, 0.3) is 22.0 Å². The monoisotopic (exact) mass is 276 g/mol. The lowest BCUT2D eigenvalue weighted by atomic mass is 10.00. The molecule has 0 aliphatic rings. The minimum Gasteiger partial charge on any atom is -0.494 e. The number of aromatic nitrogens is 2. The molecule has 102 valence electrons. The molecular formula is C16H12N4O. The number of hydrogen-bond donors (Lipinski definition) is 1. The van der Waals surface area contributed by atoms with Crippen molar-refractivity contribution >= 4 is 16.7 Å². The van der Waals surface area contributed by atoms with Crippen LogP contribution in [0, 0.1) is 11.3 Å². The Hall–Kier alpha value is -3.13. The summed E-state index contributed by atoms with van der Waals surface area (Å²) in [7, 11) is 1.58. The van der Waals surface area contributed by atoms with E-state index >= 15 is 0 Å². The zero-order chi connectivity index (χ0) is 14.8.